The molecule has 0 radical (unpaired) electrons. The van der Waals surface area contributed by atoms with Gasteiger partial charge in [-0.1, -0.05) is 6.07 Å². The first-order valence-corrected chi connectivity index (χ1v) is 3.36. The van der Waals surface area contributed by atoms with Crippen LogP contribution in [0.15, 0.2) is 18.2 Å². The Bertz CT molecular complexity index is 310. The Morgan fingerprint density at radius 3 is 2.58 bits per heavy atom. The molecule has 0 aliphatic rings. The summed E-state index contributed by atoms with van der Waals surface area (Å²) in [5, 5.41) is 6.90. The van der Waals surface area contributed by atoms with Crippen LogP contribution in [0.25, 0.3) is 0 Å². The summed E-state index contributed by atoms with van der Waals surface area (Å²) in [6.07, 6.45) is 0.0200. The normalized spacial score (nSPS) is 9.83. The van der Waals surface area contributed by atoms with Crippen LogP contribution in [-0.2, 0) is 6.42 Å². The van der Waals surface area contributed by atoms with E-state index < -0.39 is 11.6 Å². The van der Waals surface area contributed by atoms with Gasteiger partial charge in [-0.25, -0.2) is 8.78 Å². The third kappa shape index (κ3) is 2.02. The minimum Gasteiger partial charge on any atom is -0.387 e. The van der Waals surface area contributed by atoms with Crippen molar-refractivity contribution in [2.45, 2.75) is 6.42 Å². The van der Waals surface area contributed by atoms with Gasteiger partial charge in [-0.2, -0.15) is 0 Å². The maximum Gasteiger partial charge on any atom is 0.129 e. The Morgan fingerprint density at radius 1 is 1.42 bits per heavy atom. The highest BCUT2D eigenvalue weighted by atomic mass is 19.1. The highest BCUT2D eigenvalue weighted by Gasteiger charge is 2.03. The summed E-state index contributed by atoms with van der Waals surface area (Å²) in [6.45, 7) is 0. The van der Waals surface area contributed by atoms with Gasteiger partial charge in [-0.15, -0.1) is 0 Å². The number of nitrogens with one attached hydrogen (secondary N) is 1. The van der Waals surface area contributed by atoms with E-state index in [4.69, 9.17) is 11.1 Å². The molecule has 0 aliphatic carbocycles. The lowest BCUT2D eigenvalue weighted by atomic mass is 10.1. The van der Waals surface area contributed by atoms with E-state index in [2.05, 4.69) is 0 Å². The van der Waals surface area contributed by atoms with Crippen molar-refractivity contribution in [1.29, 1.82) is 5.41 Å². The Labute approximate surface area is 68.5 Å². The molecule has 4 heteroatoms. The predicted octanol–water partition coefficient (Wildman–Crippen LogP) is 1.44. The largest absolute Gasteiger partial charge is 0.387 e. The number of hydrogen-bond donors (Lipinski definition) is 2. The Morgan fingerprint density at radius 2 is 2.08 bits per heavy atom. The first kappa shape index (κ1) is 8.64. The van der Waals surface area contributed by atoms with Crippen LogP contribution in [0.2, 0.25) is 0 Å². The number of hydrogen-bond acceptors (Lipinski definition) is 1. The monoisotopic (exact) mass is 170 g/mol. The predicted molar refractivity (Wildman–Crippen MR) is 42.0 cm³/mol. The second-order valence-corrected chi connectivity index (χ2v) is 2.44. The van der Waals surface area contributed by atoms with Gasteiger partial charge in [0.1, 0.15) is 11.6 Å². The molecule has 0 saturated carbocycles. The van der Waals surface area contributed by atoms with Crippen LogP contribution in [-0.4, -0.2) is 5.84 Å². The van der Waals surface area contributed by atoms with Crippen molar-refractivity contribution in [3.8, 4) is 0 Å². The molecule has 0 unspecified atom stereocenters. The molecule has 0 atom stereocenters. The summed E-state index contributed by atoms with van der Waals surface area (Å²) in [6, 6.07) is 3.20. The van der Waals surface area contributed by atoms with Gasteiger partial charge in [0.2, 0.25) is 0 Å². The van der Waals surface area contributed by atoms with E-state index in [0.29, 0.717) is 0 Å². The SMILES string of the molecule is N=C(N)Cc1ccc(F)cc1F. The van der Waals surface area contributed by atoms with Crippen molar-refractivity contribution >= 4 is 5.84 Å². The maximum absolute atomic E-state index is 12.8. The van der Waals surface area contributed by atoms with E-state index >= 15 is 0 Å². The molecule has 0 heterocycles. The van der Waals surface area contributed by atoms with Crippen LogP contribution >= 0.6 is 0 Å². The zero-order valence-electron chi connectivity index (χ0n) is 6.27. The van der Waals surface area contributed by atoms with Gasteiger partial charge in [0, 0.05) is 12.5 Å². The van der Waals surface area contributed by atoms with Gasteiger partial charge in [0.25, 0.3) is 0 Å². The van der Waals surface area contributed by atoms with Gasteiger partial charge >= 0.3 is 0 Å². The van der Waals surface area contributed by atoms with E-state index in [-0.39, 0.29) is 17.8 Å². The lowest BCUT2D eigenvalue weighted by Gasteiger charge is -2.00. The summed E-state index contributed by atoms with van der Waals surface area (Å²) in [5.74, 6) is -1.43. The second kappa shape index (κ2) is 3.30. The molecule has 0 saturated heterocycles. The Hall–Kier alpha value is -1.45. The summed E-state index contributed by atoms with van der Waals surface area (Å²) >= 11 is 0. The second-order valence-electron chi connectivity index (χ2n) is 2.44. The van der Waals surface area contributed by atoms with Crippen LogP contribution in [0, 0.1) is 17.0 Å². The number of halogens is 2. The zero-order chi connectivity index (χ0) is 9.14. The molecule has 0 aliphatic heterocycles. The van der Waals surface area contributed by atoms with Gasteiger partial charge in [-0.05, 0) is 11.6 Å². The fraction of sp³-hybridized carbons (Fsp3) is 0.125. The summed E-state index contributed by atoms with van der Waals surface area (Å²) in [7, 11) is 0. The molecule has 0 amide bonds. The van der Waals surface area contributed by atoms with Crippen molar-refractivity contribution in [1.82, 2.24) is 0 Å². The standard InChI is InChI=1S/C8H8F2N2/c9-6-2-1-5(3-8(11)12)7(10)4-6/h1-2,4H,3H2,(H3,11,12). The van der Waals surface area contributed by atoms with Crippen molar-refractivity contribution in [2.75, 3.05) is 0 Å². The lowest BCUT2D eigenvalue weighted by molar-refractivity contribution is 0.575. The molecule has 64 valence electrons. The average Bonchev–Trinajstić information content (AvgIpc) is 1.94. The zero-order valence-corrected chi connectivity index (χ0v) is 6.27. The molecule has 0 aromatic heterocycles. The number of amidine groups is 1. The third-order valence-electron chi connectivity index (χ3n) is 1.40. The molecule has 1 aromatic rings. The topological polar surface area (TPSA) is 49.9 Å². The minimum absolute atomic E-state index is 0.0200. The quantitative estimate of drug-likeness (QED) is 0.512. The van der Waals surface area contributed by atoms with Crippen molar-refractivity contribution in [2.24, 2.45) is 5.73 Å². The van der Waals surface area contributed by atoms with E-state index in [0.717, 1.165) is 12.1 Å². The first-order chi connectivity index (χ1) is 5.59. The number of benzene rings is 1. The third-order valence-corrected chi connectivity index (χ3v) is 1.40. The number of rotatable bonds is 2. The van der Waals surface area contributed by atoms with E-state index in [1.165, 1.54) is 6.07 Å². The molecule has 0 bridgehead atoms. The van der Waals surface area contributed by atoms with Crippen LogP contribution in [0.4, 0.5) is 8.78 Å². The Balaban J connectivity index is 2.93. The molecular weight excluding hydrogens is 162 g/mol. The number of nitrogens with two attached hydrogens (primary N) is 1. The molecule has 0 fully saturated rings. The average molecular weight is 170 g/mol. The van der Waals surface area contributed by atoms with Gasteiger partial charge in [-0.3, -0.25) is 5.41 Å². The first-order valence-electron chi connectivity index (χ1n) is 3.36. The molecule has 3 N–H and O–H groups in total. The molecule has 12 heavy (non-hydrogen) atoms. The summed E-state index contributed by atoms with van der Waals surface area (Å²) in [5.41, 5.74) is 5.29. The molecule has 1 aromatic carbocycles. The molecule has 1 rings (SSSR count). The van der Waals surface area contributed by atoms with Crippen molar-refractivity contribution in [3.05, 3.63) is 35.4 Å². The Kier molecular flexibility index (Phi) is 2.38. The van der Waals surface area contributed by atoms with Crippen LogP contribution in [0.3, 0.4) is 0 Å². The smallest absolute Gasteiger partial charge is 0.129 e. The van der Waals surface area contributed by atoms with E-state index in [1.807, 2.05) is 0 Å². The maximum atomic E-state index is 12.8. The van der Waals surface area contributed by atoms with Gasteiger partial charge < -0.3 is 5.73 Å². The molecule has 0 spiro atoms. The van der Waals surface area contributed by atoms with E-state index in [9.17, 15) is 8.78 Å². The summed E-state index contributed by atoms with van der Waals surface area (Å²) < 4.78 is 25.2. The van der Waals surface area contributed by atoms with Crippen molar-refractivity contribution in [3.63, 3.8) is 0 Å². The molecule has 2 nitrogen and oxygen atoms in total. The van der Waals surface area contributed by atoms with Crippen LogP contribution in [0.1, 0.15) is 5.56 Å². The van der Waals surface area contributed by atoms with Crippen molar-refractivity contribution < 1.29 is 8.78 Å². The minimum atomic E-state index is -0.662. The fourth-order valence-corrected chi connectivity index (χ4v) is 0.870. The highest BCUT2D eigenvalue weighted by Crippen LogP contribution is 2.09. The lowest BCUT2D eigenvalue weighted by Crippen LogP contribution is -2.13. The summed E-state index contributed by atoms with van der Waals surface area (Å²) in [4.78, 5) is 0. The van der Waals surface area contributed by atoms with Crippen LogP contribution in [0.5, 0.6) is 0 Å². The molecular formula is C8H8F2N2. The fourth-order valence-electron chi connectivity index (χ4n) is 0.870. The highest BCUT2D eigenvalue weighted by molar-refractivity contribution is 5.79. The van der Waals surface area contributed by atoms with Gasteiger partial charge in [0.15, 0.2) is 0 Å². The van der Waals surface area contributed by atoms with Gasteiger partial charge in [0.05, 0.1) is 5.84 Å². The van der Waals surface area contributed by atoms with Crippen LogP contribution < -0.4 is 5.73 Å². The van der Waals surface area contributed by atoms with E-state index in [1.54, 1.807) is 0 Å².